The number of likely N-dealkylation sites (tertiary alicyclic amines) is 1. The van der Waals surface area contributed by atoms with Crippen LogP contribution in [0.2, 0.25) is 0 Å². The minimum absolute atomic E-state index is 0.177. The molecule has 2 N–H and O–H groups in total. The number of hydrogen-bond acceptors (Lipinski definition) is 5. The fraction of sp³-hybridized carbons (Fsp3) is 0.692. The zero-order valence-electron chi connectivity index (χ0n) is 10.8. The Balaban J connectivity index is 1.63. The lowest BCUT2D eigenvalue weighted by atomic mass is 9.78. The third-order valence-electron chi connectivity index (χ3n) is 4.44. The van der Waals surface area contributed by atoms with Gasteiger partial charge in [-0.1, -0.05) is 6.42 Å². The van der Waals surface area contributed by atoms with Crippen molar-refractivity contribution >= 4 is 5.88 Å². The number of nitrogens with zero attached hydrogens (tertiary/aromatic N) is 2. The summed E-state index contributed by atoms with van der Waals surface area (Å²) in [5.41, 5.74) is 6.18. The van der Waals surface area contributed by atoms with Crippen LogP contribution in [-0.4, -0.2) is 29.0 Å². The molecule has 2 fully saturated rings. The molecule has 3 atom stereocenters. The van der Waals surface area contributed by atoms with Gasteiger partial charge >= 0.3 is 5.88 Å². The average molecular weight is 265 g/mol. The minimum Gasteiger partial charge on any atom is -0.404 e. The van der Waals surface area contributed by atoms with E-state index >= 15 is 0 Å². The van der Waals surface area contributed by atoms with Crippen LogP contribution in [0.1, 0.15) is 25.0 Å². The summed E-state index contributed by atoms with van der Waals surface area (Å²) in [4.78, 5) is 12.4. The lowest BCUT2D eigenvalue weighted by molar-refractivity contribution is -0.402. The fourth-order valence-electron chi connectivity index (χ4n) is 3.51. The molecule has 104 valence electrons. The minimum atomic E-state index is -0.497. The lowest BCUT2D eigenvalue weighted by Crippen LogP contribution is -2.38. The van der Waals surface area contributed by atoms with E-state index in [1.54, 1.807) is 6.07 Å². The number of fused-ring (bicyclic) bond motifs is 1. The largest absolute Gasteiger partial charge is 0.433 e. The second kappa shape index (κ2) is 4.94. The molecule has 1 aliphatic heterocycles. The molecule has 19 heavy (non-hydrogen) atoms. The third kappa shape index (κ3) is 2.50. The van der Waals surface area contributed by atoms with Crippen LogP contribution in [0.25, 0.3) is 0 Å². The van der Waals surface area contributed by atoms with Crippen molar-refractivity contribution < 1.29 is 9.34 Å². The highest BCUT2D eigenvalue weighted by molar-refractivity contribution is 5.17. The number of hydrogen-bond donors (Lipinski definition) is 1. The monoisotopic (exact) mass is 265 g/mol. The first-order valence-electron chi connectivity index (χ1n) is 6.84. The number of nitrogens with two attached hydrogens (primary N) is 1. The van der Waals surface area contributed by atoms with Gasteiger partial charge in [0.1, 0.15) is 10.7 Å². The molecule has 0 aromatic carbocycles. The van der Waals surface area contributed by atoms with E-state index in [4.69, 9.17) is 10.2 Å². The standard InChI is InChI=1S/C13H19N3O3/c14-12-3-1-2-9-6-15(8-11(9)12)7-10-4-5-13(19-10)16(17)18/h4-5,9,11-12H,1-3,6-8,14H2. The number of rotatable bonds is 3. The predicted octanol–water partition coefficient (Wildman–Crippen LogP) is 1.75. The van der Waals surface area contributed by atoms with Gasteiger partial charge in [-0.25, -0.2) is 0 Å². The highest BCUT2D eigenvalue weighted by atomic mass is 16.6. The van der Waals surface area contributed by atoms with E-state index in [1.807, 2.05) is 0 Å². The Morgan fingerprint density at radius 2 is 2.26 bits per heavy atom. The van der Waals surface area contributed by atoms with Crippen LogP contribution in [0.5, 0.6) is 0 Å². The van der Waals surface area contributed by atoms with Crippen molar-refractivity contribution in [3.05, 3.63) is 28.0 Å². The highest BCUT2D eigenvalue weighted by Gasteiger charge is 2.38. The van der Waals surface area contributed by atoms with Gasteiger partial charge in [0, 0.05) is 19.1 Å². The molecular formula is C13H19N3O3. The normalized spacial score (nSPS) is 31.3. The molecule has 0 amide bonds. The van der Waals surface area contributed by atoms with Gasteiger partial charge in [0.15, 0.2) is 0 Å². The Morgan fingerprint density at radius 1 is 1.42 bits per heavy atom. The molecule has 3 unspecified atom stereocenters. The maximum Gasteiger partial charge on any atom is 0.433 e. The Hall–Kier alpha value is -1.40. The van der Waals surface area contributed by atoms with Crippen molar-refractivity contribution in [3.63, 3.8) is 0 Å². The van der Waals surface area contributed by atoms with Crippen molar-refractivity contribution in [2.45, 2.75) is 31.8 Å². The molecule has 1 aromatic rings. The third-order valence-corrected chi connectivity index (χ3v) is 4.44. The van der Waals surface area contributed by atoms with E-state index in [-0.39, 0.29) is 5.88 Å². The first-order chi connectivity index (χ1) is 9.13. The Morgan fingerprint density at radius 3 is 2.95 bits per heavy atom. The van der Waals surface area contributed by atoms with Crippen molar-refractivity contribution in [2.75, 3.05) is 13.1 Å². The molecule has 2 aliphatic rings. The maximum absolute atomic E-state index is 10.6. The van der Waals surface area contributed by atoms with Crippen LogP contribution in [0.3, 0.4) is 0 Å². The molecule has 2 heterocycles. The molecule has 0 bridgehead atoms. The molecule has 3 rings (SSSR count). The Kier molecular flexibility index (Phi) is 3.28. The summed E-state index contributed by atoms with van der Waals surface area (Å²) in [5.74, 6) is 1.76. The summed E-state index contributed by atoms with van der Waals surface area (Å²) in [5, 5.41) is 10.6. The van der Waals surface area contributed by atoms with Gasteiger partial charge in [-0.05, 0) is 30.7 Å². The van der Waals surface area contributed by atoms with Gasteiger partial charge < -0.3 is 10.2 Å². The summed E-state index contributed by atoms with van der Waals surface area (Å²) in [6.45, 7) is 2.67. The Bertz CT molecular complexity index is 473. The van der Waals surface area contributed by atoms with Crippen LogP contribution in [-0.2, 0) is 6.54 Å². The predicted molar refractivity (Wildman–Crippen MR) is 69.4 cm³/mol. The SMILES string of the molecule is NC1CCCC2CN(Cc3ccc([N+](=O)[O-])o3)CC12. The van der Waals surface area contributed by atoms with Crippen LogP contribution in [0, 0.1) is 22.0 Å². The van der Waals surface area contributed by atoms with E-state index in [0.29, 0.717) is 30.2 Å². The first kappa shape index (κ1) is 12.6. The number of furan rings is 1. The number of nitro groups is 1. The van der Waals surface area contributed by atoms with Gasteiger partial charge in [-0.2, -0.15) is 0 Å². The van der Waals surface area contributed by atoms with Crippen LogP contribution < -0.4 is 5.73 Å². The maximum atomic E-state index is 10.6. The topological polar surface area (TPSA) is 85.5 Å². The van der Waals surface area contributed by atoms with E-state index in [1.165, 1.54) is 18.9 Å². The fourth-order valence-corrected chi connectivity index (χ4v) is 3.51. The van der Waals surface area contributed by atoms with Gasteiger partial charge in [-0.3, -0.25) is 15.0 Å². The van der Waals surface area contributed by atoms with Crippen LogP contribution >= 0.6 is 0 Å². The van der Waals surface area contributed by atoms with E-state index < -0.39 is 4.92 Å². The zero-order chi connectivity index (χ0) is 13.4. The van der Waals surface area contributed by atoms with Crippen molar-refractivity contribution in [3.8, 4) is 0 Å². The second-order valence-electron chi connectivity index (χ2n) is 5.71. The van der Waals surface area contributed by atoms with Crippen LogP contribution in [0.15, 0.2) is 16.5 Å². The summed E-state index contributed by atoms with van der Waals surface area (Å²) >= 11 is 0. The smallest absolute Gasteiger partial charge is 0.404 e. The van der Waals surface area contributed by atoms with E-state index in [2.05, 4.69) is 4.90 Å². The molecule has 0 spiro atoms. The van der Waals surface area contributed by atoms with Crippen LogP contribution in [0.4, 0.5) is 5.88 Å². The molecular weight excluding hydrogens is 246 g/mol. The molecule has 1 saturated carbocycles. The molecule has 6 heteroatoms. The van der Waals surface area contributed by atoms with E-state index in [0.717, 1.165) is 19.5 Å². The summed E-state index contributed by atoms with van der Waals surface area (Å²) < 4.78 is 5.22. The van der Waals surface area contributed by atoms with Gasteiger partial charge in [0.2, 0.25) is 0 Å². The van der Waals surface area contributed by atoms with Crippen molar-refractivity contribution in [1.29, 1.82) is 0 Å². The highest BCUT2D eigenvalue weighted by Crippen LogP contribution is 2.36. The molecule has 1 aromatic heterocycles. The van der Waals surface area contributed by atoms with Crippen molar-refractivity contribution in [1.82, 2.24) is 4.90 Å². The average Bonchev–Trinajstić information content (AvgIpc) is 2.96. The summed E-state index contributed by atoms with van der Waals surface area (Å²) in [7, 11) is 0. The second-order valence-corrected chi connectivity index (χ2v) is 5.71. The van der Waals surface area contributed by atoms with Crippen molar-refractivity contribution in [2.24, 2.45) is 17.6 Å². The first-order valence-corrected chi connectivity index (χ1v) is 6.84. The zero-order valence-corrected chi connectivity index (χ0v) is 10.8. The summed E-state index contributed by atoms with van der Waals surface area (Å²) in [6, 6.07) is 3.43. The molecule has 0 radical (unpaired) electrons. The van der Waals surface area contributed by atoms with E-state index in [9.17, 15) is 10.1 Å². The van der Waals surface area contributed by atoms with Gasteiger partial charge in [0.25, 0.3) is 0 Å². The molecule has 6 nitrogen and oxygen atoms in total. The molecule has 1 aliphatic carbocycles. The Labute approximate surface area is 111 Å². The summed E-state index contributed by atoms with van der Waals surface area (Å²) in [6.07, 6.45) is 3.61. The quantitative estimate of drug-likeness (QED) is 0.664. The lowest BCUT2D eigenvalue weighted by Gasteiger charge is -2.29. The van der Waals surface area contributed by atoms with Gasteiger partial charge in [-0.15, -0.1) is 0 Å². The van der Waals surface area contributed by atoms with Gasteiger partial charge in [0.05, 0.1) is 12.6 Å². The molecule has 1 saturated heterocycles.